The molecule has 0 bridgehead atoms. The Hall–Kier alpha value is -0.940. The van der Waals surface area contributed by atoms with E-state index < -0.39 is 0 Å². The first-order chi connectivity index (χ1) is 6.88. The normalized spacial score (nSPS) is 21.6. The summed E-state index contributed by atoms with van der Waals surface area (Å²) in [6.07, 6.45) is 3.13. The minimum absolute atomic E-state index is 0.610. The van der Waals surface area contributed by atoms with Gasteiger partial charge in [-0.2, -0.15) is 0 Å². The largest absolute Gasteiger partial charge is 0.381 e. The molecule has 1 N–H and O–H groups in total. The Morgan fingerprint density at radius 1 is 1.71 bits per heavy atom. The van der Waals surface area contributed by atoms with Crippen molar-refractivity contribution in [3.05, 3.63) is 11.9 Å². The first-order valence-electron chi connectivity index (χ1n) is 5.00. The molecule has 1 aliphatic heterocycles. The maximum atomic E-state index is 5.31. The van der Waals surface area contributed by atoms with Gasteiger partial charge in [0.05, 0.1) is 12.3 Å². The Bertz CT molecular complexity index is 280. The van der Waals surface area contributed by atoms with E-state index in [1.54, 1.807) is 0 Å². The molecule has 1 aromatic heterocycles. The monoisotopic (exact) mass is 196 g/mol. The Morgan fingerprint density at radius 2 is 2.64 bits per heavy atom. The van der Waals surface area contributed by atoms with Crippen LogP contribution in [0.2, 0.25) is 0 Å². The summed E-state index contributed by atoms with van der Waals surface area (Å²) in [4.78, 5) is 0. The minimum Gasteiger partial charge on any atom is -0.381 e. The van der Waals surface area contributed by atoms with Crippen LogP contribution in [0.4, 0.5) is 0 Å². The number of nitrogens with zero attached hydrogens (tertiary/aromatic N) is 3. The van der Waals surface area contributed by atoms with Crippen LogP contribution in [0.3, 0.4) is 0 Å². The third kappa shape index (κ3) is 2.30. The van der Waals surface area contributed by atoms with E-state index in [9.17, 15) is 0 Å². The van der Waals surface area contributed by atoms with Gasteiger partial charge in [-0.1, -0.05) is 5.21 Å². The van der Waals surface area contributed by atoms with E-state index in [0.717, 1.165) is 38.4 Å². The zero-order valence-corrected chi connectivity index (χ0v) is 8.44. The lowest BCUT2D eigenvalue weighted by atomic mass is 10.1. The van der Waals surface area contributed by atoms with Crippen molar-refractivity contribution >= 4 is 0 Å². The van der Waals surface area contributed by atoms with Gasteiger partial charge in [0.1, 0.15) is 0 Å². The summed E-state index contributed by atoms with van der Waals surface area (Å²) in [7, 11) is 1.91. The summed E-state index contributed by atoms with van der Waals surface area (Å²) in [5.74, 6) is 0.610. The van der Waals surface area contributed by atoms with Crippen molar-refractivity contribution in [3.8, 4) is 0 Å². The van der Waals surface area contributed by atoms with Crippen molar-refractivity contribution in [3.63, 3.8) is 0 Å². The average molecular weight is 196 g/mol. The summed E-state index contributed by atoms with van der Waals surface area (Å²) >= 11 is 0. The fourth-order valence-corrected chi connectivity index (χ4v) is 1.68. The van der Waals surface area contributed by atoms with Gasteiger partial charge in [0.25, 0.3) is 0 Å². The van der Waals surface area contributed by atoms with Gasteiger partial charge < -0.3 is 10.1 Å². The van der Waals surface area contributed by atoms with Crippen LogP contribution < -0.4 is 5.32 Å². The van der Waals surface area contributed by atoms with Crippen LogP contribution in [-0.4, -0.2) is 35.3 Å². The molecule has 1 aliphatic rings. The van der Waals surface area contributed by atoms with Crippen molar-refractivity contribution < 1.29 is 4.74 Å². The number of hydrogen-bond donors (Lipinski definition) is 1. The lowest BCUT2D eigenvalue weighted by Crippen LogP contribution is -2.11. The molecule has 5 heteroatoms. The molecule has 1 saturated heterocycles. The molecule has 1 atom stereocenters. The van der Waals surface area contributed by atoms with E-state index in [-0.39, 0.29) is 0 Å². The molecule has 78 valence electrons. The first-order valence-corrected chi connectivity index (χ1v) is 5.00. The Morgan fingerprint density at radius 3 is 3.36 bits per heavy atom. The maximum Gasteiger partial charge on any atom is 0.0964 e. The summed E-state index contributed by atoms with van der Waals surface area (Å²) in [6.45, 7) is 3.46. The van der Waals surface area contributed by atoms with E-state index >= 15 is 0 Å². The molecule has 14 heavy (non-hydrogen) atoms. The van der Waals surface area contributed by atoms with Gasteiger partial charge in [0.2, 0.25) is 0 Å². The zero-order chi connectivity index (χ0) is 9.80. The molecule has 1 aromatic rings. The summed E-state index contributed by atoms with van der Waals surface area (Å²) < 4.78 is 7.22. The van der Waals surface area contributed by atoms with Crippen LogP contribution in [0.1, 0.15) is 12.1 Å². The predicted octanol–water partition coefficient (Wildman–Crippen LogP) is 0.0340. The van der Waals surface area contributed by atoms with E-state index in [0.29, 0.717) is 5.92 Å². The summed E-state index contributed by atoms with van der Waals surface area (Å²) in [5, 5.41) is 11.2. The van der Waals surface area contributed by atoms with Gasteiger partial charge in [-0.3, -0.25) is 4.68 Å². The lowest BCUT2D eigenvalue weighted by Gasteiger charge is -2.05. The number of ether oxygens (including phenoxy) is 1. The topological polar surface area (TPSA) is 52.0 Å². The zero-order valence-electron chi connectivity index (χ0n) is 8.44. The predicted molar refractivity (Wildman–Crippen MR) is 51.7 cm³/mol. The first kappa shape index (κ1) is 9.61. The van der Waals surface area contributed by atoms with Crippen LogP contribution in [-0.2, 0) is 17.8 Å². The smallest absolute Gasteiger partial charge is 0.0964 e. The lowest BCUT2D eigenvalue weighted by molar-refractivity contribution is 0.181. The van der Waals surface area contributed by atoms with Crippen LogP contribution in [0.5, 0.6) is 0 Å². The van der Waals surface area contributed by atoms with Gasteiger partial charge in [-0.05, 0) is 13.5 Å². The molecule has 0 aromatic carbocycles. The second-order valence-corrected chi connectivity index (χ2v) is 3.69. The fraction of sp³-hybridized carbons (Fsp3) is 0.778. The highest BCUT2D eigenvalue weighted by Gasteiger charge is 2.16. The molecule has 2 heterocycles. The van der Waals surface area contributed by atoms with Crippen molar-refractivity contribution in [2.45, 2.75) is 19.5 Å². The Kier molecular flexibility index (Phi) is 3.10. The van der Waals surface area contributed by atoms with E-state index in [4.69, 9.17) is 4.74 Å². The minimum atomic E-state index is 0.610. The summed E-state index contributed by atoms with van der Waals surface area (Å²) in [5.41, 5.74) is 0.992. The molecule has 0 aliphatic carbocycles. The van der Waals surface area contributed by atoms with E-state index in [2.05, 4.69) is 15.6 Å². The van der Waals surface area contributed by atoms with Gasteiger partial charge >= 0.3 is 0 Å². The van der Waals surface area contributed by atoms with Crippen molar-refractivity contribution in [2.75, 3.05) is 20.3 Å². The SMILES string of the molecule is CNCc1cn(C[C@H]2CCOC2)nn1. The third-order valence-corrected chi connectivity index (χ3v) is 2.41. The fourth-order valence-electron chi connectivity index (χ4n) is 1.68. The van der Waals surface area contributed by atoms with E-state index in [1.807, 2.05) is 17.9 Å². The third-order valence-electron chi connectivity index (χ3n) is 2.41. The van der Waals surface area contributed by atoms with Crippen LogP contribution in [0.15, 0.2) is 6.20 Å². The Labute approximate surface area is 83.4 Å². The van der Waals surface area contributed by atoms with E-state index in [1.165, 1.54) is 0 Å². The Balaban J connectivity index is 1.88. The highest BCUT2D eigenvalue weighted by Crippen LogP contribution is 2.13. The molecule has 0 amide bonds. The second kappa shape index (κ2) is 4.52. The average Bonchev–Trinajstić information content (AvgIpc) is 2.79. The molecular formula is C9H16N4O. The van der Waals surface area contributed by atoms with Gasteiger partial charge in [0.15, 0.2) is 0 Å². The van der Waals surface area contributed by atoms with Crippen LogP contribution >= 0.6 is 0 Å². The molecule has 0 unspecified atom stereocenters. The number of nitrogens with one attached hydrogen (secondary N) is 1. The molecule has 5 nitrogen and oxygen atoms in total. The highest BCUT2D eigenvalue weighted by molar-refractivity contribution is 4.91. The number of hydrogen-bond acceptors (Lipinski definition) is 4. The van der Waals surface area contributed by atoms with Crippen LogP contribution in [0, 0.1) is 5.92 Å². The second-order valence-electron chi connectivity index (χ2n) is 3.69. The molecule has 2 rings (SSSR count). The van der Waals surface area contributed by atoms with Gasteiger partial charge in [-0.15, -0.1) is 5.10 Å². The highest BCUT2D eigenvalue weighted by atomic mass is 16.5. The molecule has 0 spiro atoms. The van der Waals surface area contributed by atoms with Gasteiger partial charge in [0, 0.05) is 31.8 Å². The number of rotatable bonds is 4. The molecule has 1 fully saturated rings. The van der Waals surface area contributed by atoms with Crippen molar-refractivity contribution in [1.82, 2.24) is 20.3 Å². The molecule has 0 radical (unpaired) electrons. The van der Waals surface area contributed by atoms with Crippen LogP contribution in [0.25, 0.3) is 0 Å². The van der Waals surface area contributed by atoms with Gasteiger partial charge in [-0.25, -0.2) is 0 Å². The maximum absolute atomic E-state index is 5.31. The van der Waals surface area contributed by atoms with Crippen molar-refractivity contribution in [2.24, 2.45) is 5.92 Å². The quantitative estimate of drug-likeness (QED) is 0.738. The standard InChI is InChI=1S/C9H16N4O/c1-10-4-9-6-13(12-11-9)5-8-2-3-14-7-8/h6,8,10H,2-5,7H2,1H3/t8-/m1/s1. The number of aromatic nitrogens is 3. The van der Waals surface area contributed by atoms with Crippen molar-refractivity contribution in [1.29, 1.82) is 0 Å². The molecular weight excluding hydrogens is 180 g/mol. The molecule has 0 saturated carbocycles. The summed E-state index contributed by atoms with van der Waals surface area (Å²) in [6, 6.07) is 0.